The summed E-state index contributed by atoms with van der Waals surface area (Å²) >= 11 is 0. The van der Waals surface area contributed by atoms with E-state index in [1.165, 1.54) is 5.56 Å². The number of hydrogen-bond donors (Lipinski definition) is 0. The second-order valence-electron chi connectivity index (χ2n) is 8.89. The molecule has 1 amide bonds. The highest BCUT2D eigenvalue weighted by atomic mass is 16.5. The fraction of sp³-hybridized carbons (Fsp3) is 0.241. The summed E-state index contributed by atoms with van der Waals surface area (Å²) in [6.45, 7) is 3.24. The Morgan fingerprint density at radius 1 is 1.03 bits per heavy atom. The number of nitrogens with zero attached hydrogens (tertiary/aromatic N) is 3. The number of carbonyl (C=O) groups is 1. The van der Waals surface area contributed by atoms with Gasteiger partial charge in [0.2, 0.25) is 5.91 Å². The highest BCUT2D eigenvalue weighted by Gasteiger charge is 2.22. The molecule has 178 valence electrons. The van der Waals surface area contributed by atoms with Gasteiger partial charge in [0.15, 0.2) is 11.5 Å². The molecule has 1 aliphatic rings. The van der Waals surface area contributed by atoms with E-state index < -0.39 is 0 Å². The molecule has 1 aliphatic heterocycles. The van der Waals surface area contributed by atoms with Gasteiger partial charge in [0.1, 0.15) is 5.65 Å². The molecule has 2 aromatic carbocycles. The van der Waals surface area contributed by atoms with Crippen molar-refractivity contribution in [2.24, 2.45) is 7.05 Å². The van der Waals surface area contributed by atoms with E-state index in [1.54, 1.807) is 20.3 Å². The normalized spacial score (nSPS) is 13.3. The molecule has 0 N–H and O–H groups in total. The van der Waals surface area contributed by atoms with Gasteiger partial charge in [-0.25, -0.2) is 4.98 Å². The van der Waals surface area contributed by atoms with Crippen LogP contribution in [-0.2, 0) is 24.8 Å². The second-order valence-corrected chi connectivity index (χ2v) is 8.89. The summed E-state index contributed by atoms with van der Waals surface area (Å²) in [5.74, 6) is 1.39. The average Bonchev–Trinajstić information content (AvgIpc) is 3.16. The van der Waals surface area contributed by atoms with Crippen LogP contribution in [0.4, 0.5) is 0 Å². The van der Waals surface area contributed by atoms with Crippen LogP contribution >= 0.6 is 0 Å². The smallest absolute Gasteiger partial charge is 0.246 e. The first-order valence-electron chi connectivity index (χ1n) is 11.7. The summed E-state index contributed by atoms with van der Waals surface area (Å²) in [6.07, 6.45) is 6.29. The molecule has 0 saturated heterocycles. The number of hydrogen-bond acceptors (Lipinski definition) is 4. The van der Waals surface area contributed by atoms with Gasteiger partial charge in [-0.05, 0) is 59.9 Å². The fourth-order valence-electron chi connectivity index (χ4n) is 4.89. The number of benzene rings is 2. The SMILES string of the molecule is COc1cc2c(cc1OC)CN(C(=O)/C=C/c1c(-c3ccccc3)n(C)c3ncc(C)cc13)CC2. The third-order valence-electron chi connectivity index (χ3n) is 6.67. The minimum Gasteiger partial charge on any atom is -0.493 e. The van der Waals surface area contributed by atoms with Crippen molar-refractivity contribution in [2.45, 2.75) is 19.9 Å². The van der Waals surface area contributed by atoms with Gasteiger partial charge in [-0.2, -0.15) is 0 Å². The summed E-state index contributed by atoms with van der Waals surface area (Å²) in [5, 5.41) is 1.04. The van der Waals surface area contributed by atoms with Crippen molar-refractivity contribution in [1.29, 1.82) is 0 Å². The van der Waals surface area contributed by atoms with Crippen molar-refractivity contribution in [1.82, 2.24) is 14.5 Å². The number of aromatic nitrogens is 2. The highest BCUT2D eigenvalue weighted by molar-refractivity contribution is 6.00. The molecule has 0 unspecified atom stereocenters. The summed E-state index contributed by atoms with van der Waals surface area (Å²) < 4.78 is 13.0. The zero-order chi connectivity index (χ0) is 24.5. The van der Waals surface area contributed by atoms with Crippen molar-refractivity contribution in [3.05, 3.63) is 83.1 Å². The zero-order valence-corrected chi connectivity index (χ0v) is 20.5. The number of amides is 1. The van der Waals surface area contributed by atoms with Crippen molar-refractivity contribution < 1.29 is 14.3 Å². The number of methoxy groups -OCH3 is 2. The maximum atomic E-state index is 13.3. The summed E-state index contributed by atoms with van der Waals surface area (Å²) in [5.41, 5.74) is 7.40. The Bertz CT molecular complexity index is 1440. The molecule has 0 bridgehead atoms. The molecule has 5 rings (SSSR count). The Morgan fingerprint density at radius 3 is 2.46 bits per heavy atom. The number of carbonyl (C=O) groups excluding carboxylic acids is 1. The molecule has 2 aromatic heterocycles. The number of fused-ring (bicyclic) bond motifs is 2. The quantitative estimate of drug-likeness (QED) is 0.380. The predicted molar refractivity (Wildman–Crippen MR) is 139 cm³/mol. The lowest BCUT2D eigenvalue weighted by Gasteiger charge is -2.28. The van der Waals surface area contributed by atoms with Gasteiger partial charge < -0.3 is 18.9 Å². The van der Waals surface area contributed by atoms with Crippen LogP contribution in [0, 0.1) is 6.92 Å². The molecule has 0 fully saturated rings. The predicted octanol–water partition coefficient (Wildman–Crippen LogP) is 5.16. The lowest BCUT2D eigenvalue weighted by Crippen LogP contribution is -2.34. The van der Waals surface area contributed by atoms with E-state index in [0.29, 0.717) is 18.8 Å². The van der Waals surface area contributed by atoms with Crippen molar-refractivity contribution in [3.8, 4) is 22.8 Å². The van der Waals surface area contributed by atoms with E-state index in [2.05, 4.69) is 27.8 Å². The zero-order valence-electron chi connectivity index (χ0n) is 20.5. The molecule has 6 heteroatoms. The number of ether oxygens (including phenoxy) is 2. The Morgan fingerprint density at radius 2 is 1.74 bits per heavy atom. The van der Waals surface area contributed by atoms with Crippen LogP contribution in [0.1, 0.15) is 22.3 Å². The van der Waals surface area contributed by atoms with E-state index in [-0.39, 0.29) is 5.91 Å². The first kappa shape index (κ1) is 22.7. The minimum absolute atomic E-state index is 0.0120. The van der Waals surface area contributed by atoms with Crippen LogP contribution in [0.3, 0.4) is 0 Å². The van der Waals surface area contributed by atoms with Gasteiger partial charge in [-0.3, -0.25) is 4.79 Å². The van der Waals surface area contributed by atoms with Gasteiger partial charge in [0.05, 0.1) is 19.9 Å². The Labute approximate surface area is 205 Å². The molecule has 35 heavy (non-hydrogen) atoms. The van der Waals surface area contributed by atoms with Gasteiger partial charge >= 0.3 is 0 Å². The summed E-state index contributed by atoms with van der Waals surface area (Å²) in [6, 6.07) is 16.4. The average molecular weight is 468 g/mol. The number of rotatable bonds is 5. The highest BCUT2D eigenvalue weighted by Crippen LogP contribution is 2.35. The molecule has 0 aliphatic carbocycles. The number of aryl methyl sites for hydroxylation is 2. The first-order valence-corrected chi connectivity index (χ1v) is 11.7. The van der Waals surface area contributed by atoms with Crippen LogP contribution in [0.2, 0.25) is 0 Å². The Balaban J connectivity index is 1.49. The third kappa shape index (κ3) is 4.16. The van der Waals surface area contributed by atoms with Crippen molar-refractivity contribution >= 4 is 23.0 Å². The first-order chi connectivity index (χ1) is 17.0. The van der Waals surface area contributed by atoms with Crippen LogP contribution in [0.25, 0.3) is 28.4 Å². The fourth-order valence-corrected chi connectivity index (χ4v) is 4.89. The van der Waals surface area contributed by atoms with Crippen molar-refractivity contribution in [3.63, 3.8) is 0 Å². The number of pyridine rings is 1. The monoisotopic (exact) mass is 467 g/mol. The van der Waals surface area contributed by atoms with Gasteiger partial charge in [-0.1, -0.05) is 30.3 Å². The molecule has 0 saturated carbocycles. The van der Waals surface area contributed by atoms with E-state index in [1.807, 2.05) is 61.5 Å². The largest absolute Gasteiger partial charge is 0.493 e. The van der Waals surface area contributed by atoms with Crippen LogP contribution in [-0.4, -0.2) is 41.1 Å². The standard InChI is InChI=1S/C29H29N3O3/c1-19-14-24-23(28(20-8-6-5-7-9-20)31(2)29(24)30-17-19)10-11-27(33)32-13-12-21-15-25(34-3)26(35-4)16-22(21)18-32/h5-11,14-17H,12-13,18H2,1-4H3/b11-10+. The molecule has 3 heterocycles. The lowest BCUT2D eigenvalue weighted by molar-refractivity contribution is -0.126. The molecular weight excluding hydrogens is 438 g/mol. The van der Waals surface area contributed by atoms with E-state index in [0.717, 1.165) is 51.2 Å². The van der Waals surface area contributed by atoms with Gasteiger partial charge in [-0.15, -0.1) is 0 Å². The molecule has 6 nitrogen and oxygen atoms in total. The Kier molecular flexibility index (Phi) is 6.03. The van der Waals surface area contributed by atoms with Crippen LogP contribution < -0.4 is 9.47 Å². The Hall–Kier alpha value is -4.06. The topological polar surface area (TPSA) is 56.6 Å². The van der Waals surface area contributed by atoms with E-state index in [9.17, 15) is 4.79 Å². The molecule has 0 radical (unpaired) electrons. The third-order valence-corrected chi connectivity index (χ3v) is 6.67. The molecular formula is C29H29N3O3. The molecule has 0 spiro atoms. The summed E-state index contributed by atoms with van der Waals surface area (Å²) in [7, 11) is 5.29. The van der Waals surface area contributed by atoms with E-state index in [4.69, 9.17) is 9.47 Å². The summed E-state index contributed by atoms with van der Waals surface area (Å²) in [4.78, 5) is 19.8. The minimum atomic E-state index is -0.0120. The second kappa shape index (κ2) is 9.29. The van der Waals surface area contributed by atoms with Crippen LogP contribution in [0.5, 0.6) is 11.5 Å². The van der Waals surface area contributed by atoms with Crippen LogP contribution in [0.15, 0.2) is 60.8 Å². The maximum absolute atomic E-state index is 13.3. The maximum Gasteiger partial charge on any atom is 0.246 e. The van der Waals surface area contributed by atoms with Gasteiger partial charge in [0, 0.05) is 43.4 Å². The molecule has 4 aromatic rings. The lowest BCUT2D eigenvalue weighted by atomic mass is 9.98. The van der Waals surface area contributed by atoms with E-state index >= 15 is 0 Å². The molecule has 0 atom stereocenters. The van der Waals surface area contributed by atoms with Crippen molar-refractivity contribution in [2.75, 3.05) is 20.8 Å². The van der Waals surface area contributed by atoms with Gasteiger partial charge in [0.25, 0.3) is 0 Å².